The highest BCUT2D eigenvalue weighted by atomic mass is 35.5. The van der Waals surface area contributed by atoms with Crippen LogP contribution < -0.4 is 10.0 Å². The van der Waals surface area contributed by atoms with Crippen LogP contribution in [0, 0.1) is 5.82 Å². The van der Waals surface area contributed by atoms with Gasteiger partial charge in [0.05, 0.1) is 24.3 Å². The number of aromatic nitrogens is 1. The van der Waals surface area contributed by atoms with Gasteiger partial charge in [-0.05, 0) is 24.6 Å². The van der Waals surface area contributed by atoms with E-state index in [0.29, 0.717) is 37.9 Å². The summed E-state index contributed by atoms with van der Waals surface area (Å²) in [6.07, 6.45) is 1.80. The predicted molar refractivity (Wildman–Crippen MR) is 119 cm³/mol. The molecule has 9 nitrogen and oxygen atoms in total. The summed E-state index contributed by atoms with van der Waals surface area (Å²) in [6.45, 7) is 3.20. The van der Waals surface area contributed by atoms with E-state index in [4.69, 9.17) is 16.3 Å². The first-order valence-electron chi connectivity index (χ1n) is 10.1. The highest BCUT2D eigenvalue weighted by molar-refractivity contribution is 7.87. The van der Waals surface area contributed by atoms with Crippen LogP contribution in [-0.2, 0) is 19.7 Å². The van der Waals surface area contributed by atoms with Crippen molar-refractivity contribution in [2.24, 2.45) is 0 Å². The number of rotatable bonds is 6. The summed E-state index contributed by atoms with van der Waals surface area (Å²) in [4.78, 5) is 19.5. The van der Waals surface area contributed by atoms with E-state index in [1.165, 1.54) is 27.8 Å². The van der Waals surface area contributed by atoms with Crippen molar-refractivity contribution >= 4 is 44.7 Å². The standard InChI is InChI=1S/C19H23ClFN5O4S2/c20-14-11-13(1-2-15(14)21)23-18(27)17-12-16(19-22-3-10-31-19)24-32(28,29)26(17)5-4-25-6-8-30-9-7-25/h1-3,10-11,16-17,24H,4-9,12H2,(H,23,27). The second-order valence-corrected chi connectivity index (χ2v) is 10.5. The molecule has 2 aromatic rings. The Labute approximate surface area is 194 Å². The second kappa shape index (κ2) is 10.1. The largest absolute Gasteiger partial charge is 0.379 e. The zero-order chi connectivity index (χ0) is 22.7. The van der Waals surface area contributed by atoms with Crippen molar-refractivity contribution in [1.29, 1.82) is 0 Å². The molecule has 2 unspecified atom stereocenters. The van der Waals surface area contributed by atoms with Gasteiger partial charge in [-0.2, -0.15) is 17.4 Å². The molecular weight excluding hydrogens is 481 g/mol. The van der Waals surface area contributed by atoms with Crippen LogP contribution in [0.15, 0.2) is 29.8 Å². The van der Waals surface area contributed by atoms with E-state index in [0.717, 1.165) is 6.07 Å². The van der Waals surface area contributed by atoms with Gasteiger partial charge in [0.25, 0.3) is 10.2 Å². The molecule has 0 spiro atoms. The number of hydrogen-bond acceptors (Lipinski definition) is 7. The average molecular weight is 504 g/mol. The second-order valence-electron chi connectivity index (χ2n) is 7.48. The molecule has 2 aliphatic rings. The molecular formula is C19H23ClFN5O4S2. The van der Waals surface area contributed by atoms with Crippen LogP contribution in [0.4, 0.5) is 10.1 Å². The van der Waals surface area contributed by atoms with E-state index in [1.54, 1.807) is 11.6 Å². The minimum atomic E-state index is -3.96. The summed E-state index contributed by atoms with van der Waals surface area (Å²) in [5.41, 5.74) is 0.288. The average Bonchev–Trinajstić information content (AvgIpc) is 3.30. The number of nitrogens with zero attached hydrogens (tertiary/aromatic N) is 3. The highest BCUT2D eigenvalue weighted by Gasteiger charge is 2.43. The fourth-order valence-corrected chi connectivity index (χ4v) is 6.24. The van der Waals surface area contributed by atoms with Gasteiger partial charge in [-0.15, -0.1) is 11.3 Å². The lowest BCUT2D eigenvalue weighted by Crippen LogP contribution is -2.59. The number of anilines is 1. The molecule has 0 radical (unpaired) electrons. The van der Waals surface area contributed by atoms with Gasteiger partial charge in [0.2, 0.25) is 5.91 Å². The maximum absolute atomic E-state index is 13.5. The summed E-state index contributed by atoms with van der Waals surface area (Å²) in [6, 6.07) is 2.23. The maximum Gasteiger partial charge on any atom is 0.280 e. The summed E-state index contributed by atoms with van der Waals surface area (Å²) in [5.74, 6) is -1.12. The smallest absolute Gasteiger partial charge is 0.280 e. The number of amides is 1. The molecule has 1 aromatic heterocycles. The number of ether oxygens (including phenoxy) is 1. The monoisotopic (exact) mass is 503 g/mol. The van der Waals surface area contributed by atoms with Gasteiger partial charge in [0.1, 0.15) is 16.9 Å². The number of morpholine rings is 1. The van der Waals surface area contributed by atoms with Gasteiger partial charge in [0.15, 0.2) is 0 Å². The van der Waals surface area contributed by atoms with E-state index < -0.39 is 34.0 Å². The number of halogens is 2. The Morgan fingerprint density at radius 2 is 2.12 bits per heavy atom. The van der Waals surface area contributed by atoms with E-state index in [-0.39, 0.29) is 23.7 Å². The van der Waals surface area contributed by atoms with Gasteiger partial charge >= 0.3 is 0 Å². The molecule has 174 valence electrons. The molecule has 2 atom stereocenters. The highest BCUT2D eigenvalue weighted by Crippen LogP contribution is 2.30. The molecule has 0 saturated carbocycles. The molecule has 32 heavy (non-hydrogen) atoms. The van der Waals surface area contributed by atoms with Crippen LogP contribution in [-0.4, -0.2) is 73.9 Å². The van der Waals surface area contributed by atoms with Crippen LogP contribution in [0.2, 0.25) is 5.02 Å². The Bertz CT molecular complexity index is 1050. The summed E-state index contributed by atoms with van der Waals surface area (Å²) in [5, 5.41) is 4.88. The molecule has 1 aromatic carbocycles. The minimum absolute atomic E-state index is 0.134. The molecule has 2 N–H and O–H groups in total. The van der Waals surface area contributed by atoms with Crippen LogP contribution >= 0.6 is 22.9 Å². The van der Waals surface area contributed by atoms with Crippen molar-refractivity contribution in [1.82, 2.24) is 18.9 Å². The van der Waals surface area contributed by atoms with E-state index in [9.17, 15) is 17.6 Å². The summed E-state index contributed by atoms with van der Waals surface area (Å²) >= 11 is 7.14. The molecule has 0 bridgehead atoms. The minimum Gasteiger partial charge on any atom is -0.379 e. The first kappa shape index (κ1) is 23.5. The molecule has 2 fully saturated rings. The molecule has 13 heteroatoms. The first-order valence-corrected chi connectivity index (χ1v) is 12.8. The molecule has 0 aliphatic carbocycles. The Balaban J connectivity index is 1.56. The number of nitrogens with one attached hydrogen (secondary N) is 2. The van der Waals surface area contributed by atoms with Crippen LogP contribution in [0.5, 0.6) is 0 Å². The topological polar surface area (TPSA) is 104 Å². The number of thiazole rings is 1. The van der Waals surface area contributed by atoms with Crippen molar-refractivity contribution in [3.05, 3.63) is 45.6 Å². The van der Waals surface area contributed by atoms with Crippen molar-refractivity contribution in [3.63, 3.8) is 0 Å². The lowest BCUT2D eigenvalue weighted by Gasteiger charge is -2.38. The number of carbonyl (C=O) groups excluding carboxylic acids is 1. The van der Waals surface area contributed by atoms with Gasteiger partial charge in [0, 0.05) is 43.4 Å². The normalized spacial score (nSPS) is 24.3. The fourth-order valence-electron chi connectivity index (χ4n) is 3.74. The Hall–Kier alpha value is -1.67. The predicted octanol–water partition coefficient (Wildman–Crippen LogP) is 1.86. The SMILES string of the molecule is O=C(Nc1ccc(F)c(Cl)c1)C1CC(c2nccs2)NS(=O)(=O)N1CCN1CCOCC1. The van der Waals surface area contributed by atoms with Crippen molar-refractivity contribution in [2.75, 3.05) is 44.7 Å². The van der Waals surface area contributed by atoms with Gasteiger partial charge in [-0.3, -0.25) is 9.69 Å². The maximum atomic E-state index is 13.5. The first-order chi connectivity index (χ1) is 15.3. The summed E-state index contributed by atoms with van der Waals surface area (Å²) < 4.78 is 48.9. The van der Waals surface area contributed by atoms with Gasteiger partial charge in [-0.1, -0.05) is 11.6 Å². The zero-order valence-corrected chi connectivity index (χ0v) is 19.4. The number of carbonyl (C=O) groups is 1. The van der Waals surface area contributed by atoms with E-state index in [2.05, 4.69) is 19.9 Å². The lowest BCUT2D eigenvalue weighted by molar-refractivity contribution is -0.120. The van der Waals surface area contributed by atoms with Crippen LogP contribution in [0.3, 0.4) is 0 Å². The zero-order valence-electron chi connectivity index (χ0n) is 17.0. The van der Waals surface area contributed by atoms with Gasteiger partial charge < -0.3 is 10.1 Å². The Morgan fingerprint density at radius 3 is 2.81 bits per heavy atom. The van der Waals surface area contributed by atoms with Crippen molar-refractivity contribution in [2.45, 2.75) is 18.5 Å². The summed E-state index contributed by atoms with van der Waals surface area (Å²) in [7, 11) is -3.96. The Kier molecular flexibility index (Phi) is 7.40. The molecule has 1 amide bonds. The third-order valence-corrected chi connectivity index (χ3v) is 8.20. The third-order valence-electron chi connectivity index (χ3n) is 5.39. The van der Waals surface area contributed by atoms with Crippen molar-refractivity contribution < 1.29 is 22.3 Å². The lowest BCUT2D eigenvalue weighted by atomic mass is 10.1. The molecule has 4 rings (SSSR count). The van der Waals surface area contributed by atoms with Crippen molar-refractivity contribution in [3.8, 4) is 0 Å². The number of benzene rings is 1. The molecule has 2 saturated heterocycles. The van der Waals surface area contributed by atoms with Gasteiger partial charge in [-0.25, -0.2) is 9.37 Å². The van der Waals surface area contributed by atoms with Crippen LogP contribution in [0.25, 0.3) is 0 Å². The van der Waals surface area contributed by atoms with E-state index >= 15 is 0 Å². The Morgan fingerprint density at radius 1 is 1.34 bits per heavy atom. The van der Waals surface area contributed by atoms with E-state index in [1.807, 2.05) is 0 Å². The number of hydrogen-bond donors (Lipinski definition) is 2. The fraction of sp³-hybridized carbons (Fsp3) is 0.474. The quantitative estimate of drug-likeness (QED) is 0.623. The molecule has 3 heterocycles. The van der Waals surface area contributed by atoms with Crippen LogP contribution in [0.1, 0.15) is 17.5 Å². The third kappa shape index (κ3) is 5.45. The molecule has 2 aliphatic heterocycles.